The molecule has 5 nitrogen and oxygen atoms in total. The van der Waals surface area contributed by atoms with Crippen molar-refractivity contribution in [2.24, 2.45) is 0 Å². The highest BCUT2D eigenvalue weighted by molar-refractivity contribution is 5.69. The molecule has 0 aliphatic carbocycles. The minimum atomic E-state index is -0.463. The molecular formula is C19H30N2O3. The van der Waals surface area contributed by atoms with Gasteiger partial charge < -0.3 is 14.8 Å². The number of nitrogens with one attached hydrogen (secondary N) is 1. The van der Waals surface area contributed by atoms with Gasteiger partial charge in [0.1, 0.15) is 5.60 Å². The zero-order valence-corrected chi connectivity index (χ0v) is 15.7. The second-order valence-electron chi connectivity index (χ2n) is 7.55. The van der Waals surface area contributed by atoms with Crippen molar-refractivity contribution in [3.8, 4) is 0 Å². The number of nitrogens with zero attached hydrogens (tertiary/aromatic N) is 1. The highest BCUT2D eigenvalue weighted by Gasteiger charge is 2.27. The molecule has 134 valence electrons. The summed E-state index contributed by atoms with van der Waals surface area (Å²) in [6.07, 6.45) is -0.0806. The Morgan fingerprint density at radius 1 is 1.25 bits per heavy atom. The van der Waals surface area contributed by atoms with Crippen LogP contribution in [0.1, 0.15) is 51.3 Å². The molecule has 1 N–H and O–H groups in total. The molecule has 0 saturated carbocycles. The van der Waals surface area contributed by atoms with Crippen LogP contribution in [-0.4, -0.2) is 35.8 Å². The number of hydrogen-bond donors (Lipinski definition) is 1. The second-order valence-corrected chi connectivity index (χ2v) is 7.55. The summed E-state index contributed by atoms with van der Waals surface area (Å²) >= 11 is 0. The number of amides is 1. The van der Waals surface area contributed by atoms with Gasteiger partial charge in [-0.05, 0) is 51.3 Å². The van der Waals surface area contributed by atoms with E-state index in [2.05, 4.69) is 37.4 Å². The molecule has 0 fully saturated rings. The fourth-order valence-electron chi connectivity index (χ4n) is 2.66. The third-order valence-electron chi connectivity index (χ3n) is 4.35. The highest BCUT2D eigenvalue weighted by Crippen LogP contribution is 2.25. The molecule has 5 heteroatoms. The van der Waals surface area contributed by atoms with E-state index in [1.54, 1.807) is 12.0 Å². The molecule has 2 atom stereocenters. The largest absolute Gasteiger partial charge is 0.444 e. The molecule has 0 spiro atoms. The SMILES string of the molecule is COC(C)C(C)NCc1ccc2c(c1)CN(C(=O)OC(C)(C)C)C2. The lowest BCUT2D eigenvalue weighted by atomic mass is 10.1. The first-order chi connectivity index (χ1) is 11.2. The monoisotopic (exact) mass is 334 g/mol. The Morgan fingerprint density at radius 3 is 2.54 bits per heavy atom. The molecule has 24 heavy (non-hydrogen) atoms. The summed E-state index contributed by atoms with van der Waals surface area (Å²) in [5, 5.41) is 3.48. The van der Waals surface area contributed by atoms with Crippen LogP contribution in [0.5, 0.6) is 0 Å². The molecule has 0 aromatic heterocycles. The van der Waals surface area contributed by atoms with Crippen molar-refractivity contribution in [3.63, 3.8) is 0 Å². The normalized spacial score (nSPS) is 16.7. The Hall–Kier alpha value is -1.59. The predicted molar refractivity (Wildman–Crippen MR) is 94.7 cm³/mol. The number of fused-ring (bicyclic) bond motifs is 1. The van der Waals surface area contributed by atoms with Crippen molar-refractivity contribution in [2.45, 2.75) is 72.0 Å². The van der Waals surface area contributed by atoms with Gasteiger partial charge in [0.15, 0.2) is 0 Å². The molecule has 0 bridgehead atoms. The van der Waals surface area contributed by atoms with Gasteiger partial charge in [-0.3, -0.25) is 4.90 Å². The van der Waals surface area contributed by atoms with E-state index < -0.39 is 5.60 Å². The van der Waals surface area contributed by atoms with Crippen LogP contribution in [-0.2, 0) is 29.1 Å². The topological polar surface area (TPSA) is 50.8 Å². The maximum absolute atomic E-state index is 12.2. The summed E-state index contributed by atoms with van der Waals surface area (Å²) in [6.45, 7) is 11.9. The number of hydrogen-bond acceptors (Lipinski definition) is 4. The number of methoxy groups -OCH3 is 1. The van der Waals surface area contributed by atoms with Crippen LogP contribution >= 0.6 is 0 Å². The van der Waals surface area contributed by atoms with Crippen molar-refractivity contribution in [2.75, 3.05) is 7.11 Å². The maximum atomic E-state index is 12.2. The molecule has 1 amide bonds. The third kappa shape index (κ3) is 4.95. The molecule has 1 aliphatic rings. The van der Waals surface area contributed by atoms with Gasteiger partial charge in [0, 0.05) is 32.8 Å². The minimum absolute atomic E-state index is 0.169. The van der Waals surface area contributed by atoms with E-state index >= 15 is 0 Å². The number of carbonyl (C=O) groups is 1. The van der Waals surface area contributed by atoms with E-state index in [9.17, 15) is 4.79 Å². The molecule has 0 radical (unpaired) electrons. The first-order valence-corrected chi connectivity index (χ1v) is 8.54. The Bertz CT molecular complexity index is 580. The van der Waals surface area contributed by atoms with Crippen LogP contribution in [0.15, 0.2) is 18.2 Å². The zero-order valence-electron chi connectivity index (χ0n) is 15.7. The summed E-state index contributed by atoms with van der Waals surface area (Å²) in [4.78, 5) is 14.0. The zero-order chi connectivity index (χ0) is 17.9. The van der Waals surface area contributed by atoms with Crippen LogP contribution in [0.3, 0.4) is 0 Å². The first-order valence-electron chi connectivity index (χ1n) is 8.54. The van der Waals surface area contributed by atoms with Gasteiger partial charge in [0.2, 0.25) is 0 Å². The summed E-state index contributed by atoms with van der Waals surface area (Å²) in [5.74, 6) is 0. The Labute approximate surface area is 145 Å². The fraction of sp³-hybridized carbons (Fsp3) is 0.632. The van der Waals surface area contributed by atoms with Gasteiger partial charge in [-0.2, -0.15) is 0 Å². The Kier molecular flexibility index (Phi) is 5.88. The molecule has 0 saturated heterocycles. The fourth-order valence-corrected chi connectivity index (χ4v) is 2.66. The Morgan fingerprint density at radius 2 is 1.92 bits per heavy atom. The van der Waals surface area contributed by atoms with E-state index in [0.29, 0.717) is 13.1 Å². The van der Waals surface area contributed by atoms with Crippen LogP contribution in [0.4, 0.5) is 4.79 Å². The smallest absolute Gasteiger partial charge is 0.410 e. The standard InChI is InChI=1S/C19H30N2O3/c1-13(14(2)23-6)20-10-15-7-8-16-11-21(12-17(16)9-15)18(22)24-19(3,4)5/h7-9,13-14,20H,10-12H2,1-6H3. The van der Waals surface area contributed by atoms with Crippen molar-refractivity contribution < 1.29 is 14.3 Å². The highest BCUT2D eigenvalue weighted by atomic mass is 16.6. The van der Waals surface area contributed by atoms with E-state index in [4.69, 9.17) is 9.47 Å². The number of carbonyl (C=O) groups excluding carboxylic acids is 1. The van der Waals surface area contributed by atoms with Crippen LogP contribution in [0.25, 0.3) is 0 Å². The van der Waals surface area contributed by atoms with Crippen molar-refractivity contribution in [1.29, 1.82) is 0 Å². The lowest BCUT2D eigenvalue weighted by Crippen LogP contribution is -2.36. The van der Waals surface area contributed by atoms with Crippen molar-refractivity contribution in [3.05, 3.63) is 34.9 Å². The Balaban J connectivity index is 1.95. The number of benzene rings is 1. The van der Waals surface area contributed by atoms with Crippen LogP contribution in [0, 0.1) is 0 Å². The average molecular weight is 334 g/mol. The third-order valence-corrected chi connectivity index (χ3v) is 4.35. The van der Waals surface area contributed by atoms with Gasteiger partial charge in [-0.1, -0.05) is 18.2 Å². The molecular weight excluding hydrogens is 304 g/mol. The lowest BCUT2D eigenvalue weighted by Gasteiger charge is -2.24. The molecule has 2 rings (SSSR count). The summed E-state index contributed by atoms with van der Waals surface area (Å²) in [5.41, 5.74) is 3.15. The van der Waals surface area contributed by atoms with Gasteiger partial charge in [0.25, 0.3) is 0 Å². The van der Waals surface area contributed by atoms with Gasteiger partial charge in [-0.25, -0.2) is 4.79 Å². The number of ether oxygens (including phenoxy) is 2. The van der Waals surface area contributed by atoms with Crippen molar-refractivity contribution >= 4 is 6.09 Å². The predicted octanol–water partition coefficient (Wildman–Crippen LogP) is 3.45. The second kappa shape index (κ2) is 7.53. The molecule has 2 unspecified atom stereocenters. The first kappa shape index (κ1) is 18.7. The van der Waals surface area contributed by atoms with Crippen LogP contribution in [0.2, 0.25) is 0 Å². The lowest BCUT2D eigenvalue weighted by molar-refractivity contribution is 0.0242. The minimum Gasteiger partial charge on any atom is -0.444 e. The molecule has 1 aliphatic heterocycles. The summed E-state index contributed by atoms with van der Waals surface area (Å²) in [7, 11) is 1.73. The number of rotatable bonds is 5. The van der Waals surface area contributed by atoms with Crippen LogP contribution < -0.4 is 5.32 Å². The van der Waals surface area contributed by atoms with E-state index in [-0.39, 0.29) is 18.2 Å². The molecule has 1 aromatic rings. The average Bonchev–Trinajstić information content (AvgIpc) is 2.93. The molecule has 1 heterocycles. The van der Waals surface area contributed by atoms with E-state index in [1.165, 1.54) is 16.7 Å². The van der Waals surface area contributed by atoms with Gasteiger partial charge in [0.05, 0.1) is 6.10 Å². The maximum Gasteiger partial charge on any atom is 0.410 e. The molecule has 1 aromatic carbocycles. The van der Waals surface area contributed by atoms with Crippen molar-refractivity contribution in [1.82, 2.24) is 10.2 Å². The van der Waals surface area contributed by atoms with E-state index in [0.717, 1.165) is 6.54 Å². The summed E-state index contributed by atoms with van der Waals surface area (Å²) in [6, 6.07) is 6.69. The van der Waals surface area contributed by atoms with E-state index in [1.807, 2.05) is 20.8 Å². The quantitative estimate of drug-likeness (QED) is 0.896. The van der Waals surface area contributed by atoms with Gasteiger partial charge >= 0.3 is 6.09 Å². The van der Waals surface area contributed by atoms with Gasteiger partial charge in [-0.15, -0.1) is 0 Å². The summed E-state index contributed by atoms with van der Waals surface area (Å²) < 4.78 is 10.8.